The highest BCUT2D eigenvalue weighted by atomic mass is 19.1. The number of alkyl halides is 1. The first-order chi connectivity index (χ1) is 15.9. The predicted octanol–water partition coefficient (Wildman–Crippen LogP) is 4.43. The van der Waals surface area contributed by atoms with E-state index in [1.165, 1.54) is 0 Å². The van der Waals surface area contributed by atoms with Gasteiger partial charge < -0.3 is 19.7 Å². The van der Waals surface area contributed by atoms with Crippen LogP contribution < -0.4 is 10.2 Å². The van der Waals surface area contributed by atoms with Crippen molar-refractivity contribution in [2.24, 2.45) is 0 Å². The summed E-state index contributed by atoms with van der Waals surface area (Å²) < 4.78 is 18.8. The smallest absolute Gasteiger partial charge is 0.192 e. The Hall–Kier alpha value is -3.26. The van der Waals surface area contributed by atoms with Crippen molar-refractivity contribution >= 4 is 28.0 Å². The van der Waals surface area contributed by atoms with Crippen LogP contribution in [0.2, 0.25) is 0 Å². The molecule has 4 heterocycles. The lowest BCUT2D eigenvalue weighted by Crippen LogP contribution is -2.48. The maximum atomic E-state index is 13.1. The summed E-state index contributed by atoms with van der Waals surface area (Å²) >= 11 is 0. The van der Waals surface area contributed by atoms with Crippen molar-refractivity contribution in [3.8, 4) is 17.0 Å². The quantitative estimate of drug-likeness (QED) is 0.479. The van der Waals surface area contributed by atoms with E-state index < -0.39 is 6.17 Å². The van der Waals surface area contributed by atoms with Gasteiger partial charge >= 0.3 is 0 Å². The fraction of sp³-hybridized carbons (Fsp3) is 0.400. The van der Waals surface area contributed by atoms with Crippen LogP contribution in [0.15, 0.2) is 34.7 Å². The summed E-state index contributed by atoms with van der Waals surface area (Å²) in [5.74, 6) is 1.65. The number of rotatable bonds is 4. The third kappa shape index (κ3) is 3.58. The second-order valence-corrected chi connectivity index (χ2v) is 9.25. The van der Waals surface area contributed by atoms with Gasteiger partial charge in [-0.15, -0.1) is 0 Å². The molecule has 2 aliphatic rings. The summed E-state index contributed by atoms with van der Waals surface area (Å²) in [4.78, 5) is 16.2. The number of fused-ring (bicyclic) bond motifs is 2. The molecule has 1 aliphatic heterocycles. The Balaban J connectivity index is 1.26. The Morgan fingerprint density at radius 1 is 1.06 bits per heavy atom. The molecule has 7 nitrogen and oxygen atoms in total. The van der Waals surface area contributed by atoms with Gasteiger partial charge in [0, 0.05) is 43.2 Å². The molecule has 1 saturated carbocycles. The van der Waals surface area contributed by atoms with Gasteiger partial charge in [0.15, 0.2) is 11.5 Å². The summed E-state index contributed by atoms with van der Waals surface area (Å²) in [6, 6.07) is 10.3. The van der Waals surface area contributed by atoms with Gasteiger partial charge in [-0.25, -0.2) is 19.3 Å². The van der Waals surface area contributed by atoms with Crippen molar-refractivity contribution < 1.29 is 13.9 Å². The summed E-state index contributed by atoms with van der Waals surface area (Å²) in [6.07, 6.45) is 1.67. The molecule has 170 valence electrons. The number of phenols is 1. The zero-order valence-electron chi connectivity index (χ0n) is 18.7. The number of hydrogen-bond donors (Lipinski definition) is 2. The zero-order chi connectivity index (χ0) is 22.7. The lowest BCUT2D eigenvalue weighted by molar-refractivity contribution is 0.148. The fourth-order valence-corrected chi connectivity index (χ4v) is 4.97. The second kappa shape index (κ2) is 7.66. The molecule has 0 amide bonds. The Morgan fingerprint density at radius 3 is 2.67 bits per heavy atom. The molecule has 2 N–H and O–H groups in total. The van der Waals surface area contributed by atoms with E-state index in [4.69, 9.17) is 14.4 Å². The first-order valence-electron chi connectivity index (χ1n) is 11.5. The van der Waals surface area contributed by atoms with E-state index in [1.807, 2.05) is 31.2 Å². The molecule has 3 aromatic heterocycles. The van der Waals surface area contributed by atoms with Crippen molar-refractivity contribution in [3.05, 3.63) is 41.8 Å². The number of hydrogen-bond acceptors (Lipinski definition) is 7. The number of benzene rings is 1. The van der Waals surface area contributed by atoms with Crippen LogP contribution in [-0.2, 0) is 0 Å². The maximum absolute atomic E-state index is 13.1. The molecule has 0 spiro atoms. The molecule has 1 aliphatic carbocycles. The lowest BCUT2D eigenvalue weighted by atomic mass is 9.90. The number of halogens is 1. The first kappa shape index (κ1) is 20.4. The van der Waals surface area contributed by atoms with Gasteiger partial charge in [0.1, 0.15) is 23.3 Å². The topological polar surface area (TPSA) is 87.3 Å². The molecular formula is C25H26FN5O2. The molecule has 1 atom stereocenters. The zero-order valence-corrected chi connectivity index (χ0v) is 18.7. The van der Waals surface area contributed by atoms with Gasteiger partial charge in [0.05, 0.1) is 16.7 Å². The third-order valence-electron chi connectivity index (χ3n) is 6.87. The molecule has 1 saturated heterocycles. The highest BCUT2D eigenvalue weighted by Gasteiger charge is 2.33. The highest BCUT2D eigenvalue weighted by Crippen LogP contribution is 2.37. The Labute approximate surface area is 190 Å². The monoisotopic (exact) mass is 447 g/mol. The highest BCUT2D eigenvalue weighted by molar-refractivity contribution is 5.89. The van der Waals surface area contributed by atoms with Gasteiger partial charge in [0.25, 0.3) is 0 Å². The third-order valence-corrected chi connectivity index (χ3v) is 6.87. The number of pyridine rings is 2. The average molecular weight is 448 g/mol. The summed E-state index contributed by atoms with van der Waals surface area (Å²) in [5.41, 5.74) is 4.82. The minimum Gasteiger partial charge on any atom is -0.507 e. The summed E-state index contributed by atoms with van der Waals surface area (Å²) in [6.45, 7) is 5.43. The SMILES string of the molecule is Cc1nc2c(C)c(O)c(-c3ccc4nc(N5CCC(N[C@H]6C[C@H](F)C6)C5)ccc4n3)cc2o1. The van der Waals surface area contributed by atoms with Crippen molar-refractivity contribution in [2.75, 3.05) is 18.0 Å². The van der Waals surface area contributed by atoms with E-state index in [1.54, 1.807) is 13.0 Å². The molecule has 33 heavy (non-hydrogen) atoms. The van der Waals surface area contributed by atoms with E-state index >= 15 is 0 Å². The van der Waals surface area contributed by atoms with Crippen molar-refractivity contribution in [1.29, 1.82) is 0 Å². The second-order valence-electron chi connectivity index (χ2n) is 9.25. The summed E-state index contributed by atoms with van der Waals surface area (Å²) in [7, 11) is 0. The molecule has 0 radical (unpaired) electrons. The molecular weight excluding hydrogens is 421 g/mol. The molecule has 2 fully saturated rings. The normalized spacial score (nSPS) is 22.9. The van der Waals surface area contributed by atoms with E-state index in [2.05, 4.69) is 15.2 Å². The molecule has 8 heteroatoms. The number of nitrogens with zero attached hydrogens (tertiary/aromatic N) is 4. The molecule has 1 aromatic carbocycles. The Morgan fingerprint density at radius 2 is 1.85 bits per heavy atom. The van der Waals surface area contributed by atoms with Crippen LogP contribution in [0, 0.1) is 13.8 Å². The maximum Gasteiger partial charge on any atom is 0.192 e. The van der Waals surface area contributed by atoms with Crippen molar-refractivity contribution in [3.63, 3.8) is 0 Å². The number of phenolic OH excluding ortho intramolecular Hbond substituents is 1. The van der Waals surface area contributed by atoms with Crippen LogP contribution in [0.5, 0.6) is 5.75 Å². The Bertz CT molecular complexity index is 1360. The molecule has 6 rings (SSSR count). The van der Waals surface area contributed by atoms with E-state index in [0.717, 1.165) is 36.4 Å². The fourth-order valence-electron chi connectivity index (χ4n) is 4.97. The van der Waals surface area contributed by atoms with Crippen LogP contribution in [0.25, 0.3) is 33.4 Å². The van der Waals surface area contributed by atoms with Gasteiger partial charge in [-0.2, -0.15) is 0 Å². The van der Waals surface area contributed by atoms with Gasteiger partial charge in [-0.1, -0.05) is 0 Å². The average Bonchev–Trinajstić information content (AvgIpc) is 3.41. The van der Waals surface area contributed by atoms with Crippen molar-refractivity contribution in [1.82, 2.24) is 20.3 Å². The van der Waals surface area contributed by atoms with Gasteiger partial charge in [0.2, 0.25) is 0 Å². The van der Waals surface area contributed by atoms with Crippen LogP contribution in [0.1, 0.15) is 30.7 Å². The van der Waals surface area contributed by atoms with Crippen LogP contribution in [0.4, 0.5) is 10.2 Å². The van der Waals surface area contributed by atoms with Crippen molar-refractivity contribution in [2.45, 2.75) is 51.4 Å². The van der Waals surface area contributed by atoms with E-state index in [-0.39, 0.29) is 5.75 Å². The lowest BCUT2D eigenvalue weighted by Gasteiger charge is -2.33. The number of oxazole rings is 1. The van der Waals surface area contributed by atoms with E-state index in [9.17, 15) is 9.50 Å². The first-order valence-corrected chi connectivity index (χ1v) is 11.5. The standard InChI is InChI=1S/C25H26FN5O2/c1-13-24-22(33-14(2)27-24)11-18(25(13)32)19-3-4-21-20(29-19)5-6-23(30-21)31-8-7-16(12-31)28-17-9-15(26)10-17/h3-6,11,15-17,28,32H,7-10,12H2,1-2H3/t15-,16?,17-. The number of nitrogens with one attached hydrogen (secondary N) is 1. The largest absolute Gasteiger partial charge is 0.507 e. The van der Waals surface area contributed by atoms with Gasteiger partial charge in [-0.05, 0) is 56.5 Å². The van der Waals surface area contributed by atoms with Crippen LogP contribution in [0.3, 0.4) is 0 Å². The molecule has 4 aromatic rings. The summed E-state index contributed by atoms with van der Waals surface area (Å²) in [5, 5.41) is 14.3. The minimum absolute atomic E-state index is 0.161. The minimum atomic E-state index is -0.632. The number of aryl methyl sites for hydroxylation is 2. The predicted molar refractivity (Wildman–Crippen MR) is 125 cm³/mol. The molecule has 1 unspecified atom stereocenters. The molecule has 0 bridgehead atoms. The van der Waals surface area contributed by atoms with Gasteiger partial charge in [-0.3, -0.25) is 0 Å². The number of aromatic hydroxyl groups is 1. The van der Waals surface area contributed by atoms with E-state index in [0.29, 0.717) is 58.7 Å². The number of aromatic nitrogens is 3. The number of anilines is 1. The Kier molecular flexibility index (Phi) is 4.72. The van der Waals surface area contributed by atoms with Crippen LogP contribution >= 0.6 is 0 Å². The van der Waals surface area contributed by atoms with Crippen LogP contribution in [-0.4, -0.2) is 51.4 Å².